The predicted octanol–water partition coefficient (Wildman–Crippen LogP) is 4.02. The van der Waals surface area contributed by atoms with Gasteiger partial charge < -0.3 is 5.32 Å². The van der Waals surface area contributed by atoms with Crippen LogP contribution in [-0.4, -0.2) is 10.9 Å². The second-order valence-corrected chi connectivity index (χ2v) is 5.32. The number of aryl methyl sites for hydroxylation is 3. The number of carbonyl (C=O) groups excluding carboxylic acids is 1. The Morgan fingerprint density at radius 3 is 2.42 bits per heavy atom. The maximum Gasteiger partial charge on any atom is 0.256 e. The van der Waals surface area contributed by atoms with Gasteiger partial charge in [-0.05, 0) is 60.0 Å². The molecule has 1 aromatic heterocycles. The summed E-state index contributed by atoms with van der Waals surface area (Å²) in [5.74, 6) is -0.108. The minimum atomic E-state index is -0.108. The quantitative estimate of drug-likeness (QED) is 0.850. The van der Waals surface area contributed by atoms with Crippen LogP contribution in [-0.2, 0) is 0 Å². The van der Waals surface area contributed by atoms with E-state index in [1.54, 1.807) is 12.3 Å². The third kappa shape index (κ3) is 3.01. The van der Waals surface area contributed by atoms with Crippen molar-refractivity contribution < 1.29 is 4.79 Å². The molecule has 2 aromatic rings. The smallest absolute Gasteiger partial charge is 0.256 e. The van der Waals surface area contributed by atoms with Crippen molar-refractivity contribution in [2.75, 3.05) is 5.32 Å². The summed E-state index contributed by atoms with van der Waals surface area (Å²) in [6.45, 7) is 5.93. The molecule has 3 nitrogen and oxygen atoms in total. The number of benzene rings is 1. The second-order valence-electron chi connectivity index (χ2n) is 4.57. The fourth-order valence-electron chi connectivity index (χ4n) is 2.20. The molecule has 0 saturated heterocycles. The first-order valence-electron chi connectivity index (χ1n) is 5.98. The van der Waals surface area contributed by atoms with E-state index in [0.29, 0.717) is 10.3 Å². The SMILES string of the molecule is Cc1cc(C)c(C(=O)Nc2cccnc2Br)c(C)c1. The Hall–Kier alpha value is -1.68. The summed E-state index contributed by atoms with van der Waals surface area (Å²) in [5.41, 5.74) is 4.52. The van der Waals surface area contributed by atoms with Gasteiger partial charge in [0.2, 0.25) is 0 Å². The molecule has 0 bridgehead atoms. The van der Waals surface area contributed by atoms with E-state index in [4.69, 9.17) is 0 Å². The summed E-state index contributed by atoms with van der Waals surface area (Å²) in [7, 11) is 0. The summed E-state index contributed by atoms with van der Waals surface area (Å²) < 4.78 is 0.630. The minimum Gasteiger partial charge on any atom is -0.320 e. The molecular formula is C15H15BrN2O. The van der Waals surface area contributed by atoms with Crippen LogP contribution in [0.4, 0.5) is 5.69 Å². The summed E-state index contributed by atoms with van der Waals surface area (Å²) in [6, 6.07) is 7.63. The van der Waals surface area contributed by atoms with Crippen LogP contribution in [0.1, 0.15) is 27.0 Å². The number of carbonyl (C=O) groups is 1. The Balaban J connectivity index is 2.34. The highest BCUT2D eigenvalue weighted by molar-refractivity contribution is 9.10. The van der Waals surface area contributed by atoms with Crippen LogP contribution in [0.25, 0.3) is 0 Å². The van der Waals surface area contributed by atoms with Gasteiger partial charge in [-0.2, -0.15) is 0 Å². The van der Waals surface area contributed by atoms with Crippen molar-refractivity contribution in [1.29, 1.82) is 0 Å². The zero-order valence-corrected chi connectivity index (χ0v) is 12.7. The average Bonchev–Trinajstić information content (AvgIpc) is 2.30. The van der Waals surface area contributed by atoms with E-state index in [0.717, 1.165) is 22.3 Å². The molecule has 1 aromatic carbocycles. The Morgan fingerprint density at radius 1 is 1.21 bits per heavy atom. The van der Waals surface area contributed by atoms with Crippen molar-refractivity contribution in [3.8, 4) is 0 Å². The van der Waals surface area contributed by atoms with Gasteiger partial charge in [0.25, 0.3) is 5.91 Å². The zero-order chi connectivity index (χ0) is 14.0. The van der Waals surface area contributed by atoms with E-state index in [2.05, 4.69) is 26.2 Å². The van der Waals surface area contributed by atoms with E-state index in [9.17, 15) is 4.79 Å². The van der Waals surface area contributed by atoms with Crippen molar-refractivity contribution in [1.82, 2.24) is 4.98 Å². The molecule has 98 valence electrons. The molecule has 0 aliphatic heterocycles. The van der Waals surface area contributed by atoms with Crippen LogP contribution in [0.15, 0.2) is 35.1 Å². The summed E-state index contributed by atoms with van der Waals surface area (Å²) in [4.78, 5) is 16.4. The van der Waals surface area contributed by atoms with Crippen LogP contribution in [0, 0.1) is 20.8 Å². The lowest BCUT2D eigenvalue weighted by molar-refractivity contribution is 0.102. The monoisotopic (exact) mass is 318 g/mol. The van der Waals surface area contributed by atoms with Crippen molar-refractivity contribution in [2.24, 2.45) is 0 Å². The largest absolute Gasteiger partial charge is 0.320 e. The molecular weight excluding hydrogens is 304 g/mol. The topological polar surface area (TPSA) is 42.0 Å². The van der Waals surface area contributed by atoms with Crippen molar-refractivity contribution in [3.05, 3.63) is 57.3 Å². The molecule has 0 spiro atoms. The number of hydrogen-bond acceptors (Lipinski definition) is 2. The Morgan fingerprint density at radius 2 is 1.84 bits per heavy atom. The first kappa shape index (κ1) is 13.7. The number of nitrogens with zero attached hydrogens (tertiary/aromatic N) is 1. The lowest BCUT2D eigenvalue weighted by atomic mass is 9.99. The van der Waals surface area contributed by atoms with Gasteiger partial charge >= 0.3 is 0 Å². The fourth-order valence-corrected chi connectivity index (χ4v) is 2.55. The van der Waals surface area contributed by atoms with Gasteiger partial charge in [-0.25, -0.2) is 4.98 Å². The lowest BCUT2D eigenvalue weighted by Gasteiger charge is -2.12. The molecule has 0 saturated carbocycles. The third-order valence-corrected chi connectivity index (χ3v) is 3.54. The van der Waals surface area contributed by atoms with E-state index < -0.39 is 0 Å². The normalized spacial score (nSPS) is 10.3. The lowest BCUT2D eigenvalue weighted by Crippen LogP contribution is -2.15. The first-order chi connectivity index (χ1) is 8.99. The maximum absolute atomic E-state index is 12.4. The minimum absolute atomic E-state index is 0.108. The van der Waals surface area contributed by atoms with Gasteiger partial charge in [-0.1, -0.05) is 17.7 Å². The molecule has 2 rings (SSSR count). The van der Waals surface area contributed by atoms with Crippen molar-refractivity contribution >= 4 is 27.5 Å². The number of hydrogen-bond donors (Lipinski definition) is 1. The molecule has 1 amide bonds. The van der Waals surface area contributed by atoms with E-state index in [1.165, 1.54) is 0 Å². The molecule has 0 aliphatic rings. The number of aromatic nitrogens is 1. The van der Waals surface area contributed by atoms with Gasteiger partial charge in [-0.15, -0.1) is 0 Å². The zero-order valence-electron chi connectivity index (χ0n) is 11.1. The second kappa shape index (κ2) is 5.53. The molecule has 1 heterocycles. The highest BCUT2D eigenvalue weighted by Crippen LogP contribution is 2.22. The van der Waals surface area contributed by atoms with Gasteiger partial charge in [0.1, 0.15) is 4.60 Å². The van der Waals surface area contributed by atoms with Gasteiger partial charge in [-0.3, -0.25) is 4.79 Å². The van der Waals surface area contributed by atoms with Gasteiger partial charge in [0.05, 0.1) is 5.69 Å². The van der Waals surface area contributed by atoms with Crippen molar-refractivity contribution in [2.45, 2.75) is 20.8 Å². The van der Waals surface area contributed by atoms with Crippen LogP contribution in [0.2, 0.25) is 0 Å². The van der Waals surface area contributed by atoms with E-state index >= 15 is 0 Å². The number of amides is 1. The molecule has 1 N–H and O–H groups in total. The predicted molar refractivity (Wildman–Crippen MR) is 80.5 cm³/mol. The number of anilines is 1. The first-order valence-corrected chi connectivity index (χ1v) is 6.78. The van der Waals surface area contributed by atoms with Gasteiger partial charge in [0.15, 0.2) is 0 Å². The van der Waals surface area contributed by atoms with Gasteiger partial charge in [0, 0.05) is 11.8 Å². The third-order valence-electron chi connectivity index (χ3n) is 2.91. The van der Waals surface area contributed by atoms with Crippen LogP contribution in [0.5, 0.6) is 0 Å². The standard InChI is InChI=1S/C15H15BrN2O/c1-9-7-10(2)13(11(3)8-9)15(19)18-12-5-4-6-17-14(12)16/h4-8H,1-3H3,(H,18,19). The summed E-state index contributed by atoms with van der Waals surface area (Å²) >= 11 is 3.32. The molecule has 0 aliphatic carbocycles. The molecule has 0 radical (unpaired) electrons. The average molecular weight is 319 g/mol. The fraction of sp³-hybridized carbons (Fsp3) is 0.200. The molecule has 4 heteroatoms. The highest BCUT2D eigenvalue weighted by atomic mass is 79.9. The molecule has 0 unspecified atom stereocenters. The number of rotatable bonds is 2. The molecule has 0 atom stereocenters. The van der Waals surface area contributed by atoms with Crippen LogP contribution in [0.3, 0.4) is 0 Å². The van der Waals surface area contributed by atoms with Crippen LogP contribution >= 0.6 is 15.9 Å². The summed E-state index contributed by atoms with van der Waals surface area (Å²) in [5, 5.41) is 2.88. The maximum atomic E-state index is 12.4. The number of halogens is 1. The Kier molecular flexibility index (Phi) is 4.00. The Labute approximate surface area is 121 Å². The molecule has 19 heavy (non-hydrogen) atoms. The highest BCUT2D eigenvalue weighted by Gasteiger charge is 2.14. The Bertz CT molecular complexity index is 615. The summed E-state index contributed by atoms with van der Waals surface area (Å²) in [6.07, 6.45) is 1.67. The number of pyridine rings is 1. The van der Waals surface area contributed by atoms with Crippen LogP contribution < -0.4 is 5.32 Å². The molecule has 0 fully saturated rings. The van der Waals surface area contributed by atoms with E-state index in [-0.39, 0.29) is 5.91 Å². The van der Waals surface area contributed by atoms with Crippen molar-refractivity contribution in [3.63, 3.8) is 0 Å². The number of nitrogens with one attached hydrogen (secondary N) is 1. The van der Waals surface area contributed by atoms with E-state index in [1.807, 2.05) is 39.0 Å².